The van der Waals surface area contributed by atoms with Crippen molar-refractivity contribution in [3.63, 3.8) is 0 Å². The predicted octanol–water partition coefficient (Wildman–Crippen LogP) is 5.68. The second-order valence-electron chi connectivity index (χ2n) is 7.90. The summed E-state index contributed by atoms with van der Waals surface area (Å²) in [6.07, 6.45) is 6.25. The quantitative estimate of drug-likeness (QED) is 0.614. The Morgan fingerprint density at radius 1 is 1.14 bits per heavy atom. The van der Waals surface area contributed by atoms with Gasteiger partial charge >= 0.3 is 0 Å². The maximum atomic E-state index is 14.8. The van der Waals surface area contributed by atoms with Gasteiger partial charge in [0, 0.05) is 43.0 Å². The largest absolute Gasteiger partial charge is 0.339 e. The van der Waals surface area contributed by atoms with Crippen molar-refractivity contribution in [3.8, 4) is 11.1 Å². The molecule has 4 heteroatoms. The Hall–Kier alpha value is -2.49. The zero-order chi connectivity index (χ0) is 20.3. The molecule has 0 aliphatic heterocycles. The number of benzene rings is 2. The zero-order valence-electron chi connectivity index (χ0n) is 17.2. The molecule has 1 amide bonds. The van der Waals surface area contributed by atoms with Crippen molar-refractivity contribution in [1.29, 1.82) is 0 Å². The molecule has 1 aliphatic rings. The number of amides is 1. The van der Waals surface area contributed by atoms with Crippen molar-refractivity contribution < 1.29 is 9.18 Å². The molecule has 3 rings (SSSR count). The number of hydrogen-bond acceptors (Lipinski definition) is 2. The Labute approximate surface area is 167 Å². The third-order valence-corrected chi connectivity index (χ3v) is 5.72. The van der Waals surface area contributed by atoms with Crippen molar-refractivity contribution in [2.45, 2.75) is 51.5 Å². The molecule has 28 heavy (non-hydrogen) atoms. The second kappa shape index (κ2) is 8.68. The fraction of sp³-hybridized carbons (Fsp3) is 0.417. The molecule has 1 saturated carbocycles. The summed E-state index contributed by atoms with van der Waals surface area (Å²) >= 11 is 0. The number of hydrogen-bond donors (Lipinski definition) is 0. The summed E-state index contributed by atoms with van der Waals surface area (Å²) in [6, 6.07) is 11.0. The van der Waals surface area contributed by atoms with Crippen LogP contribution in [0.3, 0.4) is 0 Å². The fourth-order valence-corrected chi connectivity index (χ4v) is 4.11. The van der Waals surface area contributed by atoms with Gasteiger partial charge in [-0.3, -0.25) is 9.79 Å². The lowest BCUT2D eigenvalue weighted by Gasteiger charge is -2.24. The first-order chi connectivity index (χ1) is 13.4. The maximum absolute atomic E-state index is 14.8. The van der Waals surface area contributed by atoms with Crippen molar-refractivity contribution in [2.24, 2.45) is 4.99 Å². The molecule has 0 radical (unpaired) electrons. The molecule has 0 spiro atoms. The molecule has 0 N–H and O–H groups in total. The number of rotatable bonds is 5. The lowest BCUT2D eigenvalue weighted by atomic mass is 9.90. The van der Waals surface area contributed by atoms with Crippen LogP contribution < -0.4 is 0 Å². The third kappa shape index (κ3) is 4.01. The van der Waals surface area contributed by atoms with Gasteiger partial charge in [-0.2, -0.15) is 0 Å². The van der Waals surface area contributed by atoms with Crippen LogP contribution in [0.2, 0.25) is 0 Å². The Kier molecular flexibility index (Phi) is 6.28. The van der Waals surface area contributed by atoms with Crippen molar-refractivity contribution in [1.82, 2.24) is 4.90 Å². The van der Waals surface area contributed by atoms with E-state index in [1.165, 1.54) is 18.9 Å². The molecule has 0 unspecified atom stereocenters. The Morgan fingerprint density at radius 2 is 1.79 bits per heavy atom. The molecule has 0 atom stereocenters. The third-order valence-electron chi connectivity index (χ3n) is 5.72. The van der Waals surface area contributed by atoms with E-state index >= 15 is 0 Å². The van der Waals surface area contributed by atoms with Crippen LogP contribution >= 0.6 is 0 Å². The first kappa shape index (κ1) is 20.2. The van der Waals surface area contributed by atoms with E-state index in [2.05, 4.69) is 18.8 Å². The fourth-order valence-electron chi connectivity index (χ4n) is 4.11. The summed E-state index contributed by atoms with van der Waals surface area (Å²) in [5.74, 6) is 0.0138. The summed E-state index contributed by atoms with van der Waals surface area (Å²) < 4.78 is 14.8. The number of carbonyl (C=O) groups is 1. The first-order valence-electron chi connectivity index (χ1n) is 10.1. The highest BCUT2D eigenvalue weighted by molar-refractivity contribution is 5.96. The molecule has 1 fully saturated rings. The van der Waals surface area contributed by atoms with E-state index in [0.717, 1.165) is 29.5 Å². The minimum Gasteiger partial charge on any atom is -0.339 e. The van der Waals surface area contributed by atoms with E-state index in [-0.39, 0.29) is 17.6 Å². The van der Waals surface area contributed by atoms with E-state index in [0.29, 0.717) is 17.2 Å². The van der Waals surface area contributed by atoms with E-state index in [9.17, 15) is 9.18 Å². The van der Waals surface area contributed by atoms with Gasteiger partial charge in [-0.25, -0.2) is 4.39 Å². The molecule has 0 saturated heterocycles. The highest BCUT2D eigenvalue weighted by Gasteiger charge is 2.24. The Morgan fingerprint density at radius 3 is 2.36 bits per heavy atom. The average molecular weight is 381 g/mol. The average Bonchev–Trinajstić information content (AvgIpc) is 3.22. The van der Waals surface area contributed by atoms with E-state index in [4.69, 9.17) is 0 Å². The molecular weight excluding hydrogens is 351 g/mol. The molecule has 1 aliphatic carbocycles. The highest BCUT2D eigenvalue weighted by atomic mass is 19.1. The van der Waals surface area contributed by atoms with Crippen LogP contribution in [0.15, 0.2) is 41.4 Å². The highest BCUT2D eigenvalue weighted by Crippen LogP contribution is 2.32. The van der Waals surface area contributed by atoms with Gasteiger partial charge in [0.2, 0.25) is 0 Å². The van der Waals surface area contributed by atoms with E-state index < -0.39 is 0 Å². The van der Waals surface area contributed by atoms with Gasteiger partial charge in [-0.05, 0) is 48.1 Å². The van der Waals surface area contributed by atoms with Crippen LogP contribution in [0, 0.1) is 5.82 Å². The summed E-state index contributed by atoms with van der Waals surface area (Å²) in [5, 5.41) is 0. The van der Waals surface area contributed by atoms with Crippen LogP contribution in [-0.4, -0.2) is 37.2 Å². The summed E-state index contributed by atoms with van der Waals surface area (Å²) in [7, 11) is 3.58. The molecule has 0 heterocycles. The molecule has 2 aromatic carbocycles. The van der Waals surface area contributed by atoms with Crippen molar-refractivity contribution in [3.05, 3.63) is 58.9 Å². The molecule has 148 valence electrons. The molecule has 0 aromatic heterocycles. The minimum atomic E-state index is -0.276. The van der Waals surface area contributed by atoms with Gasteiger partial charge in [-0.1, -0.05) is 44.9 Å². The second-order valence-corrected chi connectivity index (χ2v) is 7.90. The Balaban J connectivity index is 1.95. The monoisotopic (exact) mass is 380 g/mol. The van der Waals surface area contributed by atoms with Crippen LogP contribution in [0.4, 0.5) is 4.39 Å². The number of halogens is 1. The van der Waals surface area contributed by atoms with Crippen LogP contribution in [0.1, 0.15) is 66.9 Å². The van der Waals surface area contributed by atoms with E-state index in [1.807, 2.05) is 30.1 Å². The molecule has 2 aromatic rings. The van der Waals surface area contributed by atoms with Gasteiger partial charge in [0.05, 0.1) is 0 Å². The normalized spacial score (nSPS) is 14.9. The van der Waals surface area contributed by atoms with Gasteiger partial charge in [0.25, 0.3) is 5.91 Å². The molecular formula is C24H29FN2O. The lowest BCUT2D eigenvalue weighted by molar-refractivity contribution is 0.0735. The van der Waals surface area contributed by atoms with Gasteiger partial charge < -0.3 is 4.90 Å². The summed E-state index contributed by atoms with van der Waals surface area (Å²) in [5.41, 5.74) is 3.81. The van der Waals surface area contributed by atoms with Gasteiger partial charge in [-0.15, -0.1) is 0 Å². The first-order valence-corrected chi connectivity index (χ1v) is 10.1. The number of carbonyl (C=O) groups excluding carboxylic acids is 1. The van der Waals surface area contributed by atoms with Crippen LogP contribution in [0.25, 0.3) is 11.1 Å². The number of aliphatic imine (C=N–C) groups is 1. The molecule has 0 bridgehead atoms. The van der Waals surface area contributed by atoms with Gasteiger partial charge in [0.15, 0.2) is 0 Å². The lowest BCUT2D eigenvalue weighted by Crippen LogP contribution is -2.35. The predicted molar refractivity (Wildman–Crippen MR) is 114 cm³/mol. The van der Waals surface area contributed by atoms with Crippen molar-refractivity contribution in [2.75, 3.05) is 14.1 Å². The summed E-state index contributed by atoms with van der Waals surface area (Å²) in [6.45, 7) is 4.18. The summed E-state index contributed by atoms with van der Waals surface area (Å²) in [4.78, 5) is 18.8. The number of nitrogens with zero attached hydrogens (tertiary/aromatic N) is 2. The van der Waals surface area contributed by atoms with Crippen LogP contribution in [0.5, 0.6) is 0 Å². The molecule has 3 nitrogen and oxygen atoms in total. The minimum absolute atomic E-state index is 0.0326. The maximum Gasteiger partial charge on any atom is 0.253 e. The van der Waals surface area contributed by atoms with Crippen LogP contribution in [-0.2, 0) is 0 Å². The standard InChI is InChI=1S/C24H29FN2O/c1-16(2)20-13-14-22(25)23(21(20)15-26-3)17-9-11-18(12-10-17)24(28)27(4)19-7-5-6-8-19/h9-16,19H,5-8H2,1-4H3. The van der Waals surface area contributed by atoms with Gasteiger partial charge in [0.1, 0.15) is 5.82 Å². The Bertz CT molecular complexity index is 865. The SMILES string of the molecule is CN=Cc1c(C(C)C)ccc(F)c1-c1ccc(C(=O)N(C)C2CCCC2)cc1. The topological polar surface area (TPSA) is 32.7 Å². The zero-order valence-corrected chi connectivity index (χ0v) is 17.2. The van der Waals surface area contributed by atoms with Crippen molar-refractivity contribution >= 4 is 12.1 Å². The van der Waals surface area contributed by atoms with E-state index in [1.54, 1.807) is 25.4 Å². The smallest absolute Gasteiger partial charge is 0.253 e.